The second-order valence-corrected chi connectivity index (χ2v) is 4.52. The molecule has 0 saturated heterocycles. The Morgan fingerprint density at radius 2 is 2.00 bits per heavy atom. The lowest BCUT2D eigenvalue weighted by Crippen LogP contribution is -2.09. The van der Waals surface area contributed by atoms with Crippen molar-refractivity contribution in [1.29, 1.82) is 0 Å². The van der Waals surface area contributed by atoms with E-state index in [0.29, 0.717) is 5.76 Å². The summed E-state index contributed by atoms with van der Waals surface area (Å²) >= 11 is 0. The molecular formula is C14H14O2. The number of hydrogen-bond donors (Lipinski definition) is 0. The molecule has 0 aliphatic heterocycles. The molecule has 2 heteroatoms. The van der Waals surface area contributed by atoms with Crippen LogP contribution in [0.25, 0.3) is 10.8 Å². The Labute approximate surface area is 93.9 Å². The SMILES string of the molecule is Cc1cc2ccc3c(c2c(=O)o1)CCCC3. The Morgan fingerprint density at radius 1 is 1.19 bits per heavy atom. The Balaban J connectivity index is 2.43. The van der Waals surface area contributed by atoms with Gasteiger partial charge in [-0.3, -0.25) is 0 Å². The lowest BCUT2D eigenvalue weighted by atomic mass is 9.88. The summed E-state index contributed by atoms with van der Waals surface area (Å²) in [5.74, 6) is 0.688. The van der Waals surface area contributed by atoms with Crippen LogP contribution in [-0.4, -0.2) is 0 Å². The molecule has 0 radical (unpaired) electrons. The second kappa shape index (κ2) is 3.48. The number of hydrogen-bond acceptors (Lipinski definition) is 2. The van der Waals surface area contributed by atoms with Gasteiger partial charge in [0.05, 0.1) is 5.39 Å². The number of benzene rings is 1. The molecule has 0 atom stereocenters. The zero-order valence-electron chi connectivity index (χ0n) is 9.38. The summed E-state index contributed by atoms with van der Waals surface area (Å²) in [6.07, 6.45) is 4.52. The lowest BCUT2D eigenvalue weighted by Gasteiger charge is -2.16. The first-order valence-electron chi connectivity index (χ1n) is 5.81. The van der Waals surface area contributed by atoms with Crippen molar-refractivity contribution in [3.05, 3.63) is 45.5 Å². The van der Waals surface area contributed by atoms with E-state index in [1.165, 1.54) is 24.0 Å². The van der Waals surface area contributed by atoms with Crippen LogP contribution in [0, 0.1) is 6.92 Å². The van der Waals surface area contributed by atoms with Crippen LogP contribution in [0.1, 0.15) is 29.7 Å². The molecule has 0 unspecified atom stereocenters. The summed E-state index contributed by atoms with van der Waals surface area (Å²) in [5, 5.41) is 1.83. The lowest BCUT2D eigenvalue weighted by molar-refractivity contribution is 0.487. The Hall–Kier alpha value is -1.57. The molecule has 0 fully saturated rings. The minimum atomic E-state index is -0.172. The van der Waals surface area contributed by atoms with Gasteiger partial charge in [0, 0.05) is 0 Å². The van der Waals surface area contributed by atoms with E-state index in [0.717, 1.165) is 23.6 Å². The van der Waals surface area contributed by atoms with Gasteiger partial charge in [-0.25, -0.2) is 4.79 Å². The van der Waals surface area contributed by atoms with Crippen molar-refractivity contribution in [3.63, 3.8) is 0 Å². The van der Waals surface area contributed by atoms with Crippen LogP contribution in [-0.2, 0) is 12.8 Å². The first-order valence-corrected chi connectivity index (χ1v) is 5.81. The third-order valence-corrected chi connectivity index (χ3v) is 3.38. The number of aryl methyl sites for hydroxylation is 3. The normalized spacial score (nSPS) is 15.1. The van der Waals surface area contributed by atoms with Crippen LogP contribution in [0.3, 0.4) is 0 Å². The third-order valence-electron chi connectivity index (χ3n) is 3.38. The first kappa shape index (κ1) is 9.64. The largest absolute Gasteiger partial charge is 0.428 e. The van der Waals surface area contributed by atoms with Crippen molar-refractivity contribution in [1.82, 2.24) is 0 Å². The predicted molar refractivity (Wildman–Crippen MR) is 63.9 cm³/mol. The molecule has 1 aliphatic rings. The quantitative estimate of drug-likeness (QED) is 0.674. The highest BCUT2D eigenvalue weighted by Gasteiger charge is 2.15. The van der Waals surface area contributed by atoms with Gasteiger partial charge < -0.3 is 4.42 Å². The van der Waals surface area contributed by atoms with Crippen molar-refractivity contribution >= 4 is 10.8 Å². The topological polar surface area (TPSA) is 30.2 Å². The van der Waals surface area contributed by atoms with Crippen LogP contribution in [0.5, 0.6) is 0 Å². The standard InChI is InChI=1S/C14H14O2/c1-9-8-11-7-6-10-4-2-3-5-12(10)13(11)14(15)16-9/h6-8H,2-5H2,1H3. The number of fused-ring (bicyclic) bond motifs is 3. The molecule has 2 aromatic rings. The smallest absolute Gasteiger partial charge is 0.344 e. The van der Waals surface area contributed by atoms with Gasteiger partial charge in [-0.2, -0.15) is 0 Å². The molecule has 82 valence electrons. The molecule has 16 heavy (non-hydrogen) atoms. The molecule has 0 saturated carbocycles. The van der Waals surface area contributed by atoms with E-state index >= 15 is 0 Å². The van der Waals surface area contributed by atoms with E-state index < -0.39 is 0 Å². The predicted octanol–water partition coefficient (Wildman–Crippen LogP) is 2.98. The van der Waals surface area contributed by atoms with E-state index in [1.54, 1.807) is 0 Å². The van der Waals surface area contributed by atoms with Gasteiger partial charge in [0.2, 0.25) is 0 Å². The van der Waals surface area contributed by atoms with Gasteiger partial charge in [0.15, 0.2) is 0 Å². The van der Waals surface area contributed by atoms with E-state index in [2.05, 4.69) is 6.07 Å². The summed E-state index contributed by atoms with van der Waals surface area (Å²) < 4.78 is 5.20. The van der Waals surface area contributed by atoms with Crippen molar-refractivity contribution in [2.45, 2.75) is 32.6 Å². The highest BCUT2D eigenvalue weighted by atomic mass is 16.4. The fourth-order valence-electron chi connectivity index (χ4n) is 2.65. The van der Waals surface area contributed by atoms with E-state index in [-0.39, 0.29) is 5.63 Å². The van der Waals surface area contributed by atoms with Gasteiger partial charge in [-0.15, -0.1) is 0 Å². The molecule has 0 amide bonds. The van der Waals surface area contributed by atoms with Crippen LogP contribution in [0.4, 0.5) is 0 Å². The molecule has 1 heterocycles. The maximum atomic E-state index is 11.9. The Morgan fingerprint density at radius 3 is 2.88 bits per heavy atom. The van der Waals surface area contributed by atoms with Gasteiger partial charge in [-0.05, 0) is 55.2 Å². The average Bonchev–Trinajstić information content (AvgIpc) is 2.28. The summed E-state index contributed by atoms with van der Waals surface area (Å²) in [4.78, 5) is 11.9. The van der Waals surface area contributed by atoms with Crippen LogP contribution < -0.4 is 5.63 Å². The monoisotopic (exact) mass is 214 g/mol. The van der Waals surface area contributed by atoms with Crippen molar-refractivity contribution in [2.24, 2.45) is 0 Å². The second-order valence-electron chi connectivity index (χ2n) is 4.52. The highest BCUT2D eigenvalue weighted by molar-refractivity contribution is 5.86. The Bertz CT molecular complexity index is 608. The zero-order chi connectivity index (χ0) is 11.1. The van der Waals surface area contributed by atoms with Gasteiger partial charge >= 0.3 is 5.63 Å². The van der Waals surface area contributed by atoms with E-state index in [4.69, 9.17) is 4.42 Å². The molecule has 1 aromatic carbocycles. The van der Waals surface area contributed by atoms with Crippen molar-refractivity contribution < 1.29 is 4.42 Å². The minimum absolute atomic E-state index is 0.172. The first-order chi connectivity index (χ1) is 7.75. The van der Waals surface area contributed by atoms with Crippen LogP contribution in [0.15, 0.2) is 27.4 Å². The molecule has 1 aromatic heterocycles. The molecular weight excluding hydrogens is 200 g/mol. The zero-order valence-corrected chi connectivity index (χ0v) is 9.38. The minimum Gasteiger partial charge on any atom is -0.428 e. The van der Waals surface area contributed by atoms with Crippen LogP contribution in [0.2, 0.25) is 0 Å². The molecule has 1 aliphatic carbocycles. The van der Waals surface area contributed by atoms with E-state index in [9.17, 15) is 4.79 Å². The summed E-state index contributed by atoms with van der Waals surface area (Å²) in [6.45, 7) is 1.82. The molecule has 0 spiro atoms. The summed E-state index contributed by atoms with van der Waals surface area (Å²) in [5.41, 5.74) is 2.38. The number of rotatable bonds is 0. The summed E-state index contributed by atoms with van der Waals surface area (Å²) in [6, 6.07) is 6.16. The fraction of sp³-hybridized carbons (Fsp3) is 0.357. The molecule has 0 N–H and O–H groups in total. The maximum Gasteiger partial charge on any atom is 0.344 e. The molecule has 3 rings (SSSR count). The third kappa shape index (κ3) is 1.37. The van der Waals surface area contributed by atoms with Gasteiger partial charge in [-0.1, -0.05) is 12.1 Å². The fourth-order valence-corrected chi connectivity index (χ4v) is 2.65. The molecule has 2 nitrogen and oxygen atoms in total. The highest BCUT2D eigenvalue weighted by Crippen LogP contribution is 2.27. The molecule has 0 bridgehead atoms. The Kier molecular flexibility index (Phi) is 2.10. The maximum absolute atomic E-state index is 11.9. The van der Waals surface area contributed by atoms with Gasteiger partial charge in [0.25, 0.3) is 0 Å². The van der Waals surface area contributed by atoms with E-state index in [1.807, 2.05) is 19.1 Å². The summed E-state index contributed by atoms with van der Waals surface area (Å²) in [7, 11) is 0. The van der Waals surface area contributed by atoms with Gasteiger partial charge in [0.1, 0.15) is 5.76 Å². The van der Waals surface area contributed by atoms with Crippen molar-refractivity contribution in [2.75, 3.05) is 0 Å². The van der Waals surface area contributed by atoms with Crippen LogP contribution >= 0.6 is 0 Å². The van der Waals surface area contributed by atoms with Crippen molar-refractivity contribution in [3.8, 4) is 0 Å². The average molecular weight is 214 g/mol.